The quantitative estimate of drug-likeness (QED) is 0.704. The Hall–Kier alpha value is -0.870. The van der Waals surface area contributed by atoms with E-state index in [4.69, 9.17) is 0 Å². The summed E-state index contributed by atoms with van der Waals surface area (Å²) in [5.74, 6) is 0.460. The number of aryl methyl sites for hydroxylation is 1. The lowest BCUT2D eigenvalue weighted by atomic mass is 10.0. The van der Waals surface area contributed by atoms with E-state index < -0.39 is 10.0 Å². The minimum Gasteiger partial charge on any atom is -0.207 e. The fraction of sp³-hybridized carbons (Fsp3) is 0.667. The zero-order valence-corrected chi connectivity index (χ0v) is 14.7. The van der Waals surface area contributed by atoms with Crippen LogP contribution in [0.3, 0.4) is 0 Å². The van der Waals surface area contributed by atoms with Crippen molar-refractivity contribution in [3.05, 3.63) is 29.8 Å². The zero-order chi connectivity index (χ0) is 16.0. The summed E-state index contributed by atoms with van der Waals surface area (Å²) in [6.45, 7) is 5.65. The number of sulfonamides is 1. The molecule has 1 fully saturated rings. The van der Waals surface area contributed by atoms with E-state index in [2.05, 4.69) is 13.8 Å². The fourth-order valence-electron chi connectivity index (χ4n) is 3.10. The van der Waals surface area contributed by atoms with Gasteiger partial charge in [-0.15, -0.1) is 0 Å². The van der Waals surface area contributed by atoms with Crippen LogP contribution in [0, 0.1) is 5.92 Å². The Kier molecular flexibility index (Phi) is 6.45. The Balaban J connectivity index is 1.99. The molecule has 1 aromatic carbocycles. The summed E-state index contributed by atoms with van der Waals surface area (Å²) in [5, 5.41) is 0. The maximum absolute atomic E-state index is 12.7. The van der Waals surface area contributed by atoms with Gasteiger partial charge >= 0.3 is 0 Å². The monoisotopic (exact) mass is 323 g/mol. The van der Waals surface area contributed by atoms with Gasteiger partial charge in [0.1, 0.15) is 0 Å². The number of benzene rings is 1. The van der Waals surface area contributed by atoms with Crippen molar-refractivity contribution in [1.29, 1.82) is 0 Å². The molecule has 1 aromatic rings. The number of hydrogen-bond acceptors (Lipinski definition) is 2. The molecule has 2 rings (SSSR count). The first kappa shape index (κ1) is 17.5. The second-order valence-electron chi connectivity index (χ2n) is 6.57. The molecule has 124 valence electrons. The van der Waals surface area contributed by atoms with Gasteiger partial charge < -0.3 is 0 Å². The molecular formula is C18H29NO2S. The van der Waals surface area contributed by atoms with E-state index in [1.807, 2.05) is 12.1 Å². The maximum Gasteiger partial charge on any atom is 0.243 e. The molecule has 1 heterocycles. The first-order valence-corrected chi connectivity index (χ1v) is 10.1. The SMILES string of the molecule is CCCCCCc1ccc(S(=O)(=O)N2CCCC(C)C2)cc1. The Morgan fingerprint density at radius 3 is 2.50 bits per heavy atom. The van der Waals surface area contributed by atoms with E-state index in [0.717, 1.165) is 19.3 Å². The van der Waals surface area contributed by atoms with E-state index in [9.17, 15) is 8.42 Å². The molecule has 1 aliphatic heterocycles. The minimum absolute atomic E-state index is 0.443. The molecule has 1 saturated heterocycles. The highest BCUT2D eigenvalue weighted by atomic mass is 32.2. The van der Waals surface area contributed by atoms with E-state index in [0.29, 0.717) is 23.9 Å². The second-order valence-corrected chi connectivity index (χ2v) is 8.50. The van der Waals surface area contributed by atoms with Crippen LogP contribution < -0.4 is 0 Å². The fourth-order valence-corrected chi connectivity index (χ4v) is 4.70. The van der Waals surface area contributed by atoms with Crippen molar-refractivity contribution < 1.29 is 8.42 Å². The predicted octanol–water partition coefficient (Wildman–Crippen LogP) is 4.23. The van der Waals surface area contributed by atoms with Gasteiger partial charge in [-0.05, 0) is 49.3 Å². The lowest BCUT2D eigenvalue weighted by Crippen LogP contribution is -2.39. The first-order valence-electron chi connectivity index (χ1n) is 8.63. The highest BCUT2D eigenvalue weighted by Gasteiger charge is 2.28. The second kappa shape index (κ2) is 8.11. The largest absolute Gasteiger partial charge is 0.243 e. The van der Waals surface area contributed by atoms with Crippen LogP contribution in [0.15, 0.2) is 29.2 Å². The van der Waals surface area contributed by atoms with Gasteiger partial charge in [-0.3, -0.25) is 0 Å². The first-order chi connectivity index (χ1) is 10.5. The van der Waals surface area contributed by atoms with Crippen LogP contribution in [0.1, 0.15) is 57.9 Å². The van der Waals surface area contributed by atoms with Crippen LogP contribution >= 0.6 is 0 Å². The van der Waals surface area contributed by atoms with Crippen LogP contribution in [-0.2, 0) is 16.4 Å². The lowest BCUT2D eigenvalue weighted by molar-refractivity contribution is 0.281. The van der Waals surface area contributed by atoms with Gasteiger partial charge in [-0.2, -0.15) is 4.31 Å². The van der Waals surface area contributed by atoms with Gasteiger partial charge in [-0.25, -0.2) is 8.42 Å². The lowest BCUT2D eigenvalue weighted by Gasteiger charge is -2.30. The predicted molar refractivity (Wildman–Crippen MR) is 91.4 cm³/mol. The summed E-state index contributed by atoms with van der Waals surface area (Å²) in [5.41, 5.74) is 1.24. The average Bonchev–Trinajstić information content (AvgIpc) is 2.52. The third-order valence-electron chi connectivity index (χ3n) is 4.50. The molecular weight excluding hydrogens is 294 g/mol. The molecule has 0 aliphatic carbocycles. The van der Waals surface area contributed by atoms with Gasteiger partial charge in [0, 0.05) is 13.1 Å². The maximum atomic E-state index is 12.7. The number of piperidine rings is 1. The molecule has 3 nitrogen and oxygen atoms in total. The van der Waals surface area contributed by atoms with Crippen LogP contribution in [-0.4, -0.2) is 25.8 Å². The average molecular weight is 324 g/mol. The Morgan fingerprint density at radius 1 is 1.14 bits per heavy atom. The molecule has 0 spiro atoms. The minimum atomic E-state index is -3.31. The highest BCUT2D eigenvalue weighted by Crippen LogP contribution is 2.23. The van der Waals surface area contributed by atoms with Gasteiger partial charge in [0.05, 0.1) is 4.90 Å². The number of unbranched alkanes of at least 4 members (excludes halogenated alkanes) is 3. The number of hydrogen-bond donors (Lipinski definition) is 0. The Labute approximate surface area is 135 Å². The van der Waals surface area contributed by atoms with Crippen LogP contribution in [0.4, 0.5) is 0 Å². The molecule has 0 saturated carbocycles. The van der Waals surface area contributed by atoms with E-state index in [-0.39, 0.29) is 0 Å². The van der Waals surface area contributed by atoms with Gasteiger partial charge in [-0.1, -0.05) is 45.2 Å². The smallest absolute Gasteiger partial charge is 0.207 e. The van der Waals surface area contributed by atoms with Crippen molar-refractivity contribution in [3.63, 3.8) is 0 Å². The standard InChI is InChI=1S/C18H29NO2S/c1-3-4-5-6-9-17-10-12-18(13-11-17)22(20,21)19-14-7-8-16(2)15-19/h10-13,16H,3-9,14-15H2,1-2H3. The third-order valence-corrected chi connectivity index (χ3v) is 6.38. The van der Waals surface area contributed by atoms with Crippen molar-refractivity contribution in [2.45, 2.75) is 63.7 Å². The van der Waals surface area contributed by atoms with Crippen molar-refractivity contribution >= 4 is 10.0 Å². The molecule has 1 unspecified atom stereocenters. The molecule has 0 bridgehead atoms. The van der Waals surface area contributed by atoms with Crippen molar-refractivity contribution in [2.75, 3.05) is 13.1 Å². The van der Waals surface area contributed by atoms with E-state index >= 15 is 0 Å². The van der Waals surface area contributed by atoms with Crippen molar-refractivity contribution in [1.82, 2.24) is 4.31 Å². The summed E-state index contributed by atoms with van der Waals surface area (Å²) in [6.07, 6.45) is 8.09. The Morgan fingerprint density at radius 2 is 1.86 bits per heavy atom. The summed E-state index contributed by atoms with van der Waals surface area (Å²) < 4.78 is 27.0. The van der Waals surface area contributed by atoms with Crippen LogP contribution in [0.25, 0.3) is 0 Å². The molecule has 22 heavy (non-hydrogen) atoms. The molecule has 0 radical (unpaired) electrons. The third kappa shape index (κ3) is 4.56. The highest BCUT2D eigenvalue weighted by molar-refractivity contribution is 7.89. The molecule has 0 N–H and O–H groups in total. The van der Waals surface area contributed by atoms with Crippen LogP contribution in [0.2, 0.25) is 0 Å². The van der Waals surface area contributed by atoms with E-state index in [1.165, 1.54) is 31.2 Å². The van der Waals surface area contributed by atoms with Crippen molar-refractivity contribution in [3.8, 4) is 0 Å². The summed E-state index contributed by atoms with van der Waals surface area (Å²) in [6, 6.07) is 7.52. The van der Waals surface area contributed by atoms with E-state index in [1.54, 1.807) is 16.4 Å². The topological polar surface area (TPSA) is 37.4 Å². The normalized spacial score (nSPS) is 20.2. The molecule has 0 amide bonds. The molecule has 0 aromatic heterocycles. The Bertz CT molecular complexity index is 551. The van der Waals surface area contributed by atoms with Gasteiger partial charge in [0.15, 0.2) is 0 Å². The summed E-state index contributed by atoms with van der Waals surface area (Å²) in [4.78, 5) is 0.443. The molecule has 4 heteroatoms. The number of rotatable bonds is 7. The van der Waals surface area contributed by atoms with Crippen molar-refractivity contribution in [2.24, 2.45) is 5.92 Å². The molecule has 1 atom stereocenters. The zero-order valence-electron chi connectivity index (χ0n) is 13.9. The van der Waals surface area contributed by atoms with Gasteiger partial charge in [0.25, 0.3) is 0 Å². The summed E-state index contributed by atoms with van der Waals surface area (Å²) >= 11 is 0. The summed E-state index contributed by atoms with van der Waals surface area (Å²) in [7, 11) is -3.31. The van der Waals surface area contributed by atoms with Gasteiger partial charge in [0.2, 0.25) is 10.0 Å². The number of nitrogens with zero attached hydrogens (tertiary/aromatic N) is 1. The van der Waals surface area contributed by atoms with Crippen LogP contribution in [0.5, 0.6) is 0 Å². The molecule has 1 aliphatic rings.